The van der Waals surface area contributed by atoms with Gasteiger partial charge in [-0.05, 0) is 51.1 Å². The molecule has 0 aliphatic heterocycles. The smallest absolute Gasteiger partial charge is 0.145 e. The second kappa shape index (κ2) is 9.49. The van der Waals surface area contributed by atoms with Gasteiger partial charge in [-0.2, -0.15) is 15.3 Å². The summed E-state index contributed by atoms with van der Waals surface area (Å²) in [5.41, 5.74) is 5.84. The van der Waals surface area contributed by atoms with Crippen LogP contribution in [0.4, 0.5) is 0 Å². The van der Waals surface area contributed by atoms with Crippen molar-refractivity contribution in [2.45, 2.75) is 46.1 Å². The molecule has 4 aromatic rings. The molecule has 0 fully saturated rings. The quantitative estimate of drug-likeness (QED) is 0.412. The maximum atomic E-state index is 6.62. The fourth-order valence-corrected chi connectivity index (χ4v) is 4.09. The van der Waals surface area contributed by atoms with E-state index in [-0.39, 0.29) is 12.0 Å². The van der Waals surface area contributed by atoms with Crippen molar-refractivity contribution in [3.05, 3.63) is 77.2 Å². The highest BCUT2D eigenvalue weighted by Gasteiger charge is 2.21. The molecule has 0 amide bonds. The zero-order valence-electron chi connectivity index (χ0n) is 19.5. The van der Waals surface area contributed by atoms with Gasteiger partial charge in [-0.1, -0.05) is 56.3 Å². The van der Waals surface area contributed by atoms with E-state index >= 15 is 0 Å². The van der Waals surface area contributed by atoms with Crippen molar-refractivity contribution in [2.24, 2.45) is 0 Å². The molecule has 0 aliphatic carbocycles. The first kappa shape index (κ1) is 22.0. The lowest BCUT2D eigenvalue weighted by atomic mass is 10.1. The normalized spacial score (nSPS) is 12.4. The summed E-state index contributed by atoms with van der Waals surface area (Å²) in [5, 5.41) is 18.1. The molecule has 6 nitrogen and oxygen atoms in total. The zero-order valence-corrected chi connectivity index (χ0v) is 19.5. The number of rotatable bonds is 8. The second-order valence-electron chi connectivity index (χ2n) is 8.42. The van der Waals surface area contributed by atoms with Gasteiger partial charge in [-0.25, -0.2) is 4.68 Å². The predicted octanol–water partition coefficient (Wildman–Crippen LogP) is 5.29. The molecule has 2 heterocycles. The number of fused-ring (bicyclic) bond motifs is 1. The molecule has 1 N–H and O–H groups in total. The van der Waals surface area contributed by atoms with Gasteiger partial charge in [0.2, 0.25) is 0 Å². The molecule has 0 aliphatic rings. The van der Waals surface area contributed by atoms with Crippen LogP contribution in [-0.4, -0.2) is 33.6 Å². The molecule has 0 radical (unpaired) electrons. The monoisotopic (exact) mass is 429 g/mol. The molecule has 6 heteroatoms. The Bertz CT molecular complexity index is 1200. The van der Waals surface area contributed by atoms with E-state index in [1.54, 1.807) is 0 Å². The number of para-hydroxylation sites is 2. The van der Waals surface area contributed by atoms with E-state index < -0.39 is 0 Å². The van der Waals surface area contributed by atoms with Gasteiger partial charge < -0.3 is 10.1 Å². The number of nitrogens with one attached hydrogen (secondary N) is 1. The topological polar surface area (TPSA) is 64.9 Å². The van der Waals surface area contributed by atoms with E-state index in [9.17, 15) is 0 Å². The lowest BCUT2D eigenvalue weighted by Gasteiger charge is -2.22. The van der Waals surface area contributed by atoms with E-state index in [4.69, 9.17) is 9.84 Å². The van der Waals surface area contributed by atoms with Crippen LogP contribution in [0.15, 0.2) is 54.6 Å². The van der Waals surface area contributed by atoms with Crippen LogP contribution >= 0.6 is 0 Å². The highest BCUT2D eigenvalue weighted by Crippen LogP contribution is 2.33. The number of aromatic nitrogens is 4. The largest absolute Gasteiger partial charge is 0.483 e. The lowest BCUT2D eigenvalue weighted by Crippen LogP contribution is -2.17. The summed E-state index contributed by atoms with van der Waals surface area (Å²) in [6, 6.07) is 18.5. The van der Waals surface area contributed by atoms with Gasteiger partial charge in [0.25, 0.3) is 0 Å². The highest BCUT2D eigenvalue weighted by molar-refractivity contribution is 5.86. The molecule has 1 unspecified atom stereocenters. The first-order valence-electron chi connectivity index (χ1n) is 11.2. The van der Waals surface area contributed by atoms with Crippen molar-refractivity contribution < 1.29 is 4.74 Å². The third-order valence-corrected chi connectivity index (χ3v) is 5.77. The number of nitrogens with zero attached hydrogens (tertiary/aromatic N) is 4. The van der Waals surface area contributed by atoms with Crippen molar-refractivity contribution in [2.75, 3.05) is 13.6 Å². The number of aryl methyl sites for hydroxylation is 2. The molecule has 4 rings (SSSR count). The molecule has 32 heavy (non-hydrogen) atoms. The van der Waals surface area contributed by atoms with Crippen molar-refractivity contribution >= 4 is 10.9 Å². The minimum Gasteiger partial charge on any atom is -0.483 e. The number of hydrogen-bond donors (Lipinski definition) is 1. The Morgan fingerprint density at radius 3 is 2.41 bits per heavy atom. The average molecular weight is 430 g/mol. The van der Waals surface area contributed by atoms with E-state index in [1.807, 2.05) is 42.9 Å². The van der Waals surface area contributed by atoms with E-state index in [0.717, 1.165) is 58.0 Å². The first-order chi connectivity index (χ1) is 15.5. The molecule has 166 valence electrons. The van der Waals surface area contributed by atoms with Crippen LogP contribution in [0.1, 0.15) is 54.9 Å². The molecule has 1 atom stereocenters. The Morgan fingerprint density at radius 2 is 1.69 bits per heavy atom. The van der Waals surface area contributed by atoms with Crippen molar-refractivity contribution in [3.8, 4) is 11.4 Å². The van der Waals surface area contributed by atoms with Crippen LogP contribution in [0, 0.1) is 13.8 Å². The predicted molar refractivity (Wildman–Crippen MR) is 129 cm³/mol. The van der Waals surface area contributed by atoms with Crippen LogP contribution in [0.25, 0.3) is 16.6 Å². The average Bonchev–Trinajstić information content (AvgIpc) is 3.15. The second-order valence-corrected chi connectivity index (χ2v) is 8.42. The van der Waals surface area contributed by atoms with Gasteiger partial charge in [-0.15, -0.1) is 0 Å². The SMILES string of the molecule is CNCCC(Oc1ccccc1-n1nc2c(C(C)C)nnc(C)c2c1C)c1ccccc1. The molecule has 0 saturated carbocycles. The van der Waals surface area contributed by atoms with E-state index in [1.165, 1.54) is 0 Å². The summed E-state index contributed by atoms with van der Waals surface area (Å²) in [6.45, 7) is 9.18. The summed E-state index contributed by atoms with van der Waals surface area (Å²) in [5.74, 6) is 1.04. The fourth-order valence-electron chi connectivity index (χ4n) is 4.09. The third-order valence-electron chi connectivity index (χ3n) is 5.77. The summed E-state index contributed by atoms with van der Waals surface area (Å²) < 4.78 is 8.59. The van der Waals surface area contributed by atoms with Crippen molar-refractivity contribution in [3.63, 3.8) is 0 Å². The van der Waals surface area contributed by atoms with Crippen LogP contribution in [-0.2, 0) is 0 Å². The van der Waals surface area contributed by atoms with Crippen LogP contribution in [0.3, 0.4) is 0 Å². The van der Waals surface area contributed by atoms with E-state index in [0.29, 0.717) is 0 Å². The van der Waals surface area contributed by atoms with Gasteiger partial charge >= 0.3 is 0 Å². The molecule has 0 saturated heterocycles. The summed E-state index contributed by atoms with van der Waals surface area (Å²) in [6.07, 6.45) is 0.797. The molecular weight excluding hydrogens is 398 g/mol. The van der Waals surface area contributed by atoms with Gasteiger partial charge in [-0.3, -0.25) is 0 Å². The summed E-state index contributed by atoms with van der Waals surface area (Å²) >= 11 is 0. The highest BCUT2D eigenvalue weighted by atomic mass is 16.5. The van der Waals surface area contributed by atoms with Gasteiger partial charge in [0, 0.05) is 11.8 Å². The summed E-state index contributed by atoms with van der Waals surface area (Å²) in [7, 11) is 1.96. The van der Waals surface area contributed by atoms with Crippen LogP contribution < -0.4 is 10.1 Å². The Balaban J connectivity index is 1.80. The first-order valence-corrected chi connectivity index (χ1v) is 11.2. The Labute approximate surface area is 189 Å². The number of ether oxygens (including phenoxy) is 1. The van der Waals surface area contributed by atoms with Gasteiger partial charge in [0.15, 0.2) is 0 Å². The van der Waals surface area contributed by atoms with E-state index in [2.05, 4.69) is 66.6 Å². The maximum Gasteiger partial charge on any atom is 0.145 e. The van der Waals surface area contributed by atoms with Crippen molar-refractivity contribution in [1.82, 2.24) is 25.3 Å². The van der Waals surface area contributed by atoms with Crippen LogP contribution in [0.2, 0.25) is 0 Å². The maximum absolute atomic E-state index is 6.62. The minimum atomic E-state index is -0.0635. The molecule has 2 aromatic heterocycles. The Kier molecular flexibility index (Phi) is 6.51. The van der Waals surface area contributed by atoms with Crippen LogP contribution in [0.5, 0.6) is 5.75 Å². The molecule has 0 bridgehead atoms. The molecular formula is C26H31N5O. The standard InChI is InChI=1S/C26H31N5O/c1-17(2)25-26-24(18(3)28-29-25)19(4)31(30-26)21-13-9-10-14-23(21)32-22(15-16-27-5)20-11-7-6-8-12-20/h6-14,17,22,27H,15-16H2,1-5H3. The van der Waals surface area contributed by atoms with Crippen molar-refractivity contribution in [1.29, 1.82) is 0 Å². The number of benzene rings is 2. The number of hydrogen-bond acceptors (Lipinski definition) is 5. The fraction of sp³-hybridized carbons (Fsp3) is 0.346. The van der Waals surface area contributed by atoms with Gasteiger partial charge in [0.05, 0.1) is 17.1 Å². The minimum absolute atomic E-state index is 0.0635. The zero-order chi connectivity index (χ0) is 22.7. The van der Waals surface area contributed by atoms with Gasteiger partial charge in [0.1, 0.15) is 23.1 Å². The Morgan fingerprint density at radius 1 is 0.969 bits per heavy atom. The third kappa shape index (κ3) is 4.23. The molecule has 0 spiro atoms. The Hall–Kier alpha value is -3.25. The lowest BCUT2D eigenvalue weighted by molar-refractivity contribution is 0.194. The summed E-state index contributed by atoms with van der Waals surface area (Å²) in [4.78, 5) is 0. The molecule has 2 aromatic carbocycles.